The fourth-order valence-electron chi connectivity index (χ4n) is 4.51. The quantitative estimate of drug-likeness (QED) is 0.300. The Morgan fingerprint density at radius 1 is 1.03 bits per heavy atom. The molecule has 188 valence electrons. The summed E-state index contributed by atoms with van der Waals surface area (Å²) in [6.07, 6.45) is 0. The van der Waals surface area contributed by atoms with Gasteiger partial charge in [-0.05, 0) is 64.2 Å². The largest absolute Gasteiger partial charge is 0.397 e. The number of piperazine rings is 1. The van der Waals surface area contributed by atoms with Gasteiger partial charge < -0.3 is 36.1 Å². The van der Waals surface area contributed by atoms with Gasteiger partial charge in [0.1, 0.15) is 11.4 Å². The third kappa shape index (κ3) is 4.72. The van der Waals surface area contributed by atoms with Crippen LogP contribution in [0.25, 0.3) is 33.3 Å². The zero-order valence-electron chi connectivity index (χ0n) is 21.0. The lowest BCUT2D eigenvalue weighted by Gasteiger charge is -2.34. The Morgan fingerprint density at radius 2 is 1.78 bits per heavy atom. The molecule has 3 heterocycles. The first-order valence-electron chi connectivity index (χ1n) is 12.1. The van der Waals surface area contributed by atoms with Crippen LogP contribution < -0.4 is 26.8 Å². The number of hydrogen-bond acceptors (Lipinski definition) is 6. The maximum Gasteiger partial charge on any atom is 0.319 e. The molecule has 0 unspecified atom stereocenters. The minimum Gasteiger partial charge on any atom is -0.397 e. The SMILES string of the molecule is CN1CCN(c2ccc3nc(-c4c(N)c5cc(NC(=O)NC(C)(C)C)ccc5[nH]c4=O)[nH]c3c2)CC1. The second-order valence-electron chi connectivity index (χ2n) is 10.4. The number of amides is 2. The average molecular weight is 489 g/mol. The number of imidazole rings is 1. The predicted molar refractivity (Wildman–Crippen MR) is 146 cm³/mol. The molecule has 10 heteroatoms. The summed E-state index contributed by atoms with van der Waals surface area (Å²) in [7, 11) is 2.13. The van der Waals surface area contributed by atoms with Crippen molar-refractivity contribution in [1.82, 2.24) is 25.2 Å². The number of benzene rings is 2. The topological polar surface area (TPSA) is 135 Å². The van der Waals surface area contributed by atoms with Crippen molar-refractivity contribution in [2.75, 3.05) is 49.2 Å². The molecule has 0 spiro atoms. The van der Waals surface area contributed by atoms with Gasteiger partial charge in [0.25, 0.3) is 5.56 Å². The molecule has 4 aromatic rings. The van der Waals surface area contributed by atoms with Crippen LogP contribution in [-0.4, -0.2) is 64.6 Å². The van der Waals surface area contributed by atoms with Crippen LogP contribution in [0.1, 0.15) is 20.8 Å². The minimum absolute atomic E-state index is 0.274. The molecule has 1 aliphatic rings. The molecule has 0 bridgehead atoms. The number of nitrogens with zero attached hydrogens (tertiary/aromatic N) is 3. The van der Waals surface area contributed by atoms with E-state index < -0.39 is 0 Å². The molecular weight excluding hydrogens is 456 g/mol. The van der Waals surface area contributed by atoms with E-state index in [1.165, 1.54) is 0 Å². The van der Waals surface area contributed by atoms with E-state index >= 15 is 0 Å². The second kappa shape index (κ2) is 8.87. The van der Waals surface area contributed by atoms with Gasteiger partial charge in [0, 0.05) is 48.5 Å². The molecule has 2 aromatic carbocycles. The molecule has 0 aliphatic carbocycles. The highest BCUT2D eigenvalue weighted by molar-refractivity contribution is 6.01. The zero-order chi connectivity index (χ0) is 25.6. The maximum absolute atomic E-state index is 13.0. The fourth-order valence-corrected chi connectivity index (χ4v) is 4.51. The lowest BCUT2D eigenvalue weighted by atomic mass is 10.1. The number of nitrogens with one attached hydrogen (secondary N) is 4. The first-order chi connectivity index (χ1) is 17.1. The number of hydrogen-bond donors (Lipinski definition) is 5. The minimum atomic E-state index is -0.371. The van der Waals surface area contributed by atoms with Gasteiger partial charge in [0.05, 0.1) is 22.2 Å². The first-order valence-corrected chi connectivity index (χ1v) is 12.1. The monoisotopic (exact) mass is 488 g/mol. The molecule has 36 heavy (non-hydrogen) atoms. The van der Waals surface area contributed by atoms with E-state index in [0.717, 1.165) is 42.9 Å². The summed E-state index contributed by atoms with van der Waals surface area (Å²) >= 11 is 0. The number of carbonyl (C=O) groups is 1. The van der Waals surface area contributed by atoms with E-state index in [2.05, 4.69) is 54.6 Å². The number of carbonyl (C=O) groups excluding carboxylic acids is 1. The highest BCUT2D eigenvalue weighted by atomic mass is 16.2. The van der Waals surface area contributed by atoms with Crippen LogP contribution in [0.15, 0.2) is 41.2 Å². The van der Waals surface area contributed by atoms with Gasteiger partial charge in [-0.2, -0.15) is 0 Å². The van der Waals surface area contributed by atoms with Crippen LogP contribution in [-0.2, 0) is 0 Å². The summed E-state index contributed by atoms with van der Waals surface area (Å²) in [6, 6.07) is 11.0. The third-order valence-electron chi connectivity index (χ3n) is 6.37. The van der Waals surface area contributed by atoms with Crippen LogP contribution in [0, 0.1) is 0 Å². The Labute approximate surface area is 208 Å². The van der Waals surface area contributed by atoms with Crippen LogP contribution in [0.3, 0.4) is 0 Å². The van der Waals surface area contributed by atoms with Crippen molar-refractivity contribution in [3.8, 4) is 11.4 Å². The van der Waals surface area contributed by atoms with Crippen molar-refractivity contribution in [2.24, 2.45) is 0 Å². The van der Waals surface area contributed by atoms with Crippen molar-refractivity contribution < 1.29 is 4.79 Å². The number of fused-ring (bicyclic) bond motifs is 2. The molecule has 0 radical (unpaired) electrons. The van der Waals surface area contributed by atoms with Gasteiger partial charge in [-0.25, -0.2) is 9.78 Å². The summed E-state index contributed by atoms with van der Waals surface area (Å²) in [4.78, 5) is 40.8. The standard InChI is InChI=1S/C26H32N8O2/c1-26(2,3)32-25(36)28-15-5-7-18-17(13-15)22(27)21(24(35)31-18)23-29-19-8-6-16(14-20(19)30-23)34-11-9-33(4)10-12-34/h5-8,13-14H,9-12H2,1-4H3,(H,29,30)(H3,27,31,35)(H2,28,32,36). The smallest absolute Gasteiger partial charge is 0.319 e. The second-order valence-corrected chi connectivity index (χ2v) is 10.4. The molecule has 10 nitrogen and oxygen atoms in total. The van der Waals surface area contributed by atoms with Gasteiger partial charge in [-0.3, -0.25) is 4.79 Å². The highest BCUT2D eigenvalue weighted by Gasteiger charge is 2.19. The van der Waals surface area contributed by atoms with E-state index in [1.54, 1.807) is 18.2 Å². The predicted octanol–water partition coefficient (Wildman–Crippen LogP) is 3.33. The number of pyridine rings is 1. The molecule has 2 aromatic heterocycles. The lowest BCUT2D eigenvalue weighted by Crippen LogP contribution is -2.44. The van der Waals surface area contributed by atoms with Gasteiger partial charge in [0.2, 0.25) is 0 Å². The third-order valence-corrected chi connectivity index (χ3v) is 6.37. The van der Waals surface area contributed by atoms with E-state index in [4.69, 9.17) is 5.73 Å². The van der Waals surface area contributed by atoms with E-state index in [-0.39, 0.29) is 22.7 Å². The summed E-state index contributed by atoms with van der Waals surface area (Å²) in [5.74, 6) is 0.407. The number of rotatable bonds is 3. The van der Waals surface area contributed by atoms with Crippen LogP contribution in [0.2, 0.25) is 0 Å². The Bertz CT molecular complexity index is 1510. The number of nitrogen functional groups attached to an aromatic ring is 1. The molecule has 2 amide bonds. The summed E-state index contributed by atoms with van der Waals surface area (Å²) < 4.78 is 0. The molecule has 6 N–H and O–H groups in total. The summed E-state index contributed by atoms with van der Waals surface area (Å²) in [6.45, 7) is 9.68. The number of anilines is 3. The zero-order valence-corrected chi connectivity index (χ0v) is 21.0. The molecular formula is C26H32N8O2. The van der Waals surface area contributed by atoms with Crippen molar-refractivity contribution in [1.29, 1.82) is 0 Å². The van der Waals surface area contributed by atoms with Crippen molar-refractivity contribution in [2.45, 2.75) is 26.3 Å². The normalized spacial score (nSPS) is 14.9. The molecule has 0 atom stereocenters. The highest BCUT2D eigenvalue weighted by Crippen LogP contribution is 2.31. The Balaban J connectivity index is 1.49. The lowest BCUT2D eigenvalue weighted by molar-refractivity contribution is 0.244. The Morgan fingerprint density at radius 3 is 2.50 bits per heavy atom. The van der Waals surface area contributed by atoms with Gasteiger partial charge >= 0.3 is 6.03 Å². The molecule has 1 aliphatic heterocycles. The van der Waals surface area contributed by atoms with Crippen molar-refractivity contribution >= 4 is 45.0 Å². The summed E-state index contributed by atoms with van der Waals surface area (Å²) in [5.41, 5.74) is 10.3. The Kier molecular flexibility index (Phi) is 5.83. The number of nitrogens with two attached hydrogens (primary N) is 1. The summed E-state index contributed by atoms with van der Waals surface area (Å²) in [5, 5.41) is 6.31. The first kappa shape index (κ1) is 23.7. The van der Waals surface area contributed by atoms with E-state index in [0.29, 0.717) is 28.1 Å². The number of H-pyrrole nitrogens is 2. The van der Waals surface area contributed by atoms with E-state index in [1.807, 2.05) is 26.8 Å². The van der Waals surface area contributed by atoms with Crippen molar-refractivity contribution in [3.63, 3.8) is 0 Å². The number of aromatic nitrogens is 3. The number of likely N-dealkylation sites (N-methyl/N-ethyl adjacent to an activating group) is 1. The van der Waals surface area contributed by atoms with Crippen LogP contribution >= 0.6 is 0 Å². The Hall–Kier alpha value is -4.05. The molecule has 1 saturated heterocycles. The van der Waals surface area contributed by atoms with Gasteiger partial charge in [0.15, 0.2) is 0 Å². The van der Waals surface area contributed by atoms with Crippen LogP contribution in [0.4, 0.5) is 21.9 Å². The fraction of sp³-hybridized carbons (Fsp3) is 0.346. The van der Waals surface area contributed by atoms with Gasteiger partial charge in [-0.1, -0.05) is 0 Å². The number of aromatic amines is 2. The van der Waals surface area contributed by atoms with Crippen LogP contribution in [0.5, 0.6) is 0 Å². The molecule has 5 rings (SSSR count). The van der Waals surface area contributed by atoms with Gasteiger partial charge in [-0.15, -0.1) is 0 Å². The molecule has 1 fully saturated rings. The number of urea groups is 1. The maximum atomic E-state index is 13.0. The average Bonchev–Trinajstić information content (AvgIpc) is 3.21. The molecule has 0 saturated carbocycles. The van der Waals surface area contributed by atoms with E-state index in [9.17, 15) is 9.59 Å². The van der Waals surface area contributed by atoms with Crippen molar-refractivity contribution in [3.05, 3.63) is 46.8 Å².